The van der Waals surface area contributed by atoms with Gasteiger partial charge in [0.05, 0.1) is 11.1 Å². The third kappa shape index (κ3) is 6.19. The van der Waals surface area contributed by atoms with E-state index in [2.05, 4.69) is 15.5 Å². The minimum absolute atomic E-state index is 0.153. The molecule has 7 nitrogen and oxygen atoms in total. The third-order valence-corrected chi connectivity index (χ3v) is 6.47. The maximum atomic E-state index is 13.8. The van der Waals surface area contributed by atoms with Crippen molar-refractivity contribution in [2.75, 3.05) is 24.5 Å². The summed E-state index contributed by atoms with van der Waals surface area (Å²) >= 11 is 0. The second-order valence-corrected chi connectivity index (χ2v) is 9.08. The molecule has 4 rings (SSSR count). The lowest BCUT2D eigenvalue weighted by molar-refractivity contribution is -0.137. The van der Waals surface area contributed by atoms with Gasteiger partial charge in [-0.3, -0.25) is 4.79 Å². The van der Waals surface area contributed by atoms with Crippen LogP contribution in [0.5, 0.6) is 0 Å². The number of carboxylic acids is 1. The highest BCUT2D eigenvalue weighted by atomic mass is 19.4. The molecule has 0 atom stereocenters. The number of aliphatic carboxylic acids is 1. The normalized spacial score (nSPS) is 16.1. The number of nitrogens with one attached hydrogen (secondary N) is 1. The van der Waals surface area contributed by atoms with Crippen LogP contribution in [0.25, 0.3) is 5.57 Å². The number of piperidine rings is 1. The van der Waals surface area contributed by atoms with E-state index in [0.29, 0.717) is 36.1 Å². The first-order chi connectivity index (χ1) is 17.1. The molecule has 1 aliphatic heterocycles. The number of hydrogen-bond donors (Lipinski definition) is 2. The third-order valence-electron chi connectivity index (χ3n) is 6.47. The predicted octanol–water partition coefficient (Wildman–Crippen LogP) is 4.69. The molecule has 2 fully saturated rings. The van der Waals surface area contributed by atoms with Crippen LogP contribution in [0.15, 0.2) is 35.9 Å². The average molecular weight is 507 g/mol. The molecular weight excluding hydrogens is 480 g/mol. The van der Waals surface area contributed by atoms with Crippen molar-refractivity contribution in [2.24, 2.45) is 5.92 Å². The lowest BCUT2D eigenvalue weighted by atomic mass is 9.90. The highest BCUT2D eigenvalue weighted by molar-refractivity contribution is 6.17. The molecule has 2 aliphatic rings. The number of halogens is 4. The Hall–Kier alpha value is -3.50. The number of aromatic nitrogens is 2. The molecular formula is C25H26F4N4O3. The molecule has 0 unspecified atom stereocenters. The largest absolute Gasteiger partial charge is 0.478 e. The zero-order valence-electron chi connectivity index (χ0n) is 19.4. The van der Waals surface area contributed by atoms with Crippen LogP contribution in [-0.2, 0) is 11.0 Å². The van der Waals surface area contributed by atoms with E-state index >= 15 is 0 Å². The molecule has 0 radical (unpaired) electrons. The Kier molecular flexibility index (Phi) is 7.56. The summed E-state index contributed by atoms with van der Waals surface area (Å²) in [6, 6.07) is 5.02. The van der Waals surface area contributed by atoms with E-state index in [4.69, 9.17) is 0 Å². The number of carbonyl (C=O) groups is 2. The maximum Gasteiger partial charge on any atom is 0.417 e. The number of nitrogens with zero attached hydrogens (tertiary/aromatic N) is 3. The smallest absolute Gasteiger partial charge is 0.417 e. The molecule has 0 spiro atoms. The molecule has 2 N–H and O–H groups in total. The van der Waals surface area contributed by atoms with Gasteiger partial charge >= 0.3 is 12.1 Å². The number of alkyl halides is 3. The van der Waals surface area contributed by atoms with Crippen LogP contribution < -0.4 is 10.2 Å². The van der Waals surface area contributed by atoms with Crippen molar-refractivity contribution in [3.05, 3.63) is 58.5 Å². The summed E-state index contributed by atoms with van der Waals surface area (Å²) in [5, 5.41) is 20.6. The van der Waals surface area contributed by atoms with E-state index in [1.165, 1.54) is 12.8 Å². The fourth-order valence-corrected chi connectivity index (χ4v) is 4.39. The SMILES string of the molecule is O=C(O)C(=C1CCN(c2ccc(C(=O)NCCCC3CC3)nn2)CC1)c1cc(F)ccc1C(F)(F)F. The standard InChI is InChI=1S/C25H26F4N4O3/c26-17-5-6-19(25(27,28)29)18(14-17)22(24(35)36)16-9-12-33(13-10-16)21-8-7-20(31-32-21)23(34)30-11-1-2-15-3-4-15/h5-8,14-15H,1-4,9-13H2,(H,30,34)(H,35,36). The van der Waals surface area contributed by atoms with Crippen LogP contribution in [-0.4, -0.2) is 46.8 Å². The van der Waals surface area contributed by atoms with Crippen molar-refractivity contribution in [3.8, 4) is 0 Å². The lowest BCUT2D eigenvalue weighted by Gasteiger charge is -2.30. The first-order valence-corrected chi connectivity index (χ1v) is 11.8. The molecule has 1 aliphatic carbocycles. The zero-order valence-corrected chi connectivity index (χ0v) is 19.4. The van der Waals surface area contributed by atoms with E-state index in [9.17, 15) is 32.3 Å². The minimum Gasteiger partial charge on any atom is -0.478 e. The van der Waals surface area contributed by atoms with Gasteiger partial charge in [0.25, 0.3) is 5.91 Å². The topological polar surface area (TPSA) is 95.4 Å². The second-order valence-electron chi connectivity index (χ2n) is 9.08. The molecule has 11 heteroatoms. The van der Waals surface area contributed by atoms with Crippen LogP contribution in [0.4, 0.5) is 23.4 Å². The zero-order chi connectivity index (χ0) is 25.9. The number of rotatable bonds is 8. The number of hydrogen-bond acceptors (Lipinski definition) is 5. The van der Waals surface area contributed by atoms with Crippen molar-refractivity contribution < 1.29 is 32.3 Å². The van der Waals surface area contributed by atoms with Gasteiger partial charge in [-0.15, -0.1) is 10.2 Å². The van der Waals surface area contributed by atoms with Gasteiger partial charge in [-0.2, -0.15) is 13.2 Å². The Balaban J connectivity index is 1.43. The van der Waals surface area contributed by atoms with Gasteiger partial charge in [0.2, 0.25) is 0 Å². The summed E-state index contributed by atoms with van der Waals surface area (Å²) in [6.45, 7) is 1.14. The molecule has 1 saturated carbocycles. The molecule has 36 heavy (non-hydrogen) atoms. The van der Waals surface area contributed by atoms with Gasteiger partial charge in [0.1, 0.15) is 5.82 Å². The van der Waals surface area contributed by atoms with E-state index in [1.54, 1.807) is 12.1 Å². The van der Waals surface area contributed by atoms with E-state index in [-0.39, 0.29) is 37.5 Å². The van der Waals surface area contributed by atoms with Crippen molar-refractivity contribution in [3.63, 3.8) is 0 Å². The van der Waals surface area contributed by atoms with Crippen LogP contribution in [0.1, 0.15) is 60.1 Å². The van der Waals surface area contributed by atoms with Crippen LogP contribution in [0.2, 0.25) is 0 Å². The first kappa shape index (κ1) is 25.6. The number of anilines is 1. The summed E-state index contributed by atoms with van der Waals surface area (Å²) in [7, 11) is 0. The van der Waals surface area contributed by atoms with E-state index in [0.717, 1.165) is 18.8 Å². The Labute approximate surface area is 205 Å². The van der Waals surface area contributed by atoms with Gasteiger partial charge in [0, 0.05) is 25.2 Å². The highest BCUT2D eigenvalue weighted by Crippen LogP contribution is 2.38. The van der Waals surface area contributed by atoms with Crippen molar-refractivity contribution in [2.45, 2.75) is 44.7 Å². The summed E-state index contributed by atoms with van der Waals surface area (Å²) in [5.74, 6) is -1.53. The quantitative estimate of drug-likeness (QED) is 0.306. The molecule has 2 heterocycles. The molecule has 0 bridgehead atoms. The Morgan fingerprint density at radius 3 is 2.39 bits per heavy atom. The molecule has 2 aromatic rings. The minimum atomic E-state index is -4.83. The fraction of sp³-hybridized carbons (Fsp3) is 0.440. The summed E-state index contributed by atoms with van der Waals surface area (Å²) in [5.41, 5.74) is -1.91. The second kappa shape index (κ2) is 10.6. The van der Waals surface area contributed by atoms with Gasteiger partial charge < -0.3 is 15.3 Å². The van der Waals surface area contributed by atoms with Gasteiger partial charge in [-0.25, -0.2) is 9.18 Å². The van der Waals surface area contributed by atoms with Crippen LogP contribution >= 0.6 is 0 Å². The predicted molar refractivity (Wildman–Crippen MR) is 124 cm³/mol. The lowest BCUT2D eigenvalue weighted by Crippen LogP contribution is -2.32. The molecule has 192 valence electrons. The van der Waals surface area contributed by atoms with Crippen molar-refractivity contribution in [1.82, 2.24) is 15.5 Å². The average Bonchev–Trinajstić information content (AvgIpc) is 3.66. The van der Waals surface area contributed by atoms with Crippen LogP contribution in [0, 0.1) is 11.7 Å². The highest BCUT2D eigenvalue weighted by Gasteiger charge is 2.36. The Bertz CT molecular complexity index is 1150. The van der Waals surface area contributed by atoms with Crippen LogP contribution in [0.3, 0.4) is 0 Å². The van der Waals surface area contributed by atoms with Crippen molar-refractivity contribution >= 4 is 23.3 Å². The Morgan fingerprint density at radius 2 is 1.81 bits per heavy atom. The van der Waals surface area contributed by atoms with Gasteiger partial charge in [0.15, 0.2) is 11.5 Å². The number of amides is 1. The first-order valence-electron chi connectivity index (χ1n) is 11.8. The van der Waals surface area contributed by atoms with E-state index < -0.39 is 34.7 Å². The van der Waals surface area contributed by atoms with E-state index in [1.807, 2.05) is 4.90 Å². The molecule has 1 aromatic heterocycles. The summed E-state index contributed by atoms with van der Waals surface area (Å²) in [6.07, 6.45) is 0.0461. The van der Waals surface area contributed by atoms with Gasteiger partial charge in [-0.1, -0.05) is 18.4 Å². The van der Waals surface area contributed by atoms with Gasteiger partial charge in [-0.05, 0) is 61.9 Å². The number of carboxylic acid groups (broad SMARTS) is 1. The Morgan fingerprint density at radius 1 is 1.08 bits per heavy atom. The number of benzene rings is 1. The summed E-state index contributed by atoms with van der Waals surface area (Å²) < 4.78 is 54.2. The molecule has 1 saturated heterocycles. The summed E-state index contributed by atoms with van der Waals surface area (Å²) in [4.78, 5) is 26.0. The van der Waals surface area contributed by atoms with Crippen molar-refractivity contribution in [1.29, 1.82) is 0 Å². The molecule has 1 amide bonds. The maximum absolute atomic E-state index is 13.8. The molecule has 1 aromatic carbocycles. The monoisotopic (exact) mass is 506 g/mol. The fourth-order valence-electron chi connectivity index (χ4n) is 4.39. The number of carbonyl (C=O) groups excluding carboxylic acids is 1.